The van der Waals surface area contributed by atoms with Crippen LogP contribution >= 0.6 is 0 Å². The zero-order valence-corrected chi connectivity index (χ0v) is 9.73. The summed E-state index contributed by atoms with van der Waals surface area (Å²) in [5.74, 6) is -1.01. The summed E-state index contributed by atoms with van der Waals surface area (Å²) in [5, 5.41) is 19.9. The Morgan fingerprint density at radius 3 is 2.47 bits per heavy atom. The summed E-state index contributed by atoms with van der Waals surface area (Å²) < 4.78 is 5.12. The van der Waals surface area contributed by atoms with Crippen LogP contribution in [-0.4, -0.2) is 34.0 Å². The molecule has 0 amide bonds. The molecule has 0 unspecified atom stereocenters. The molecule has 0 aromatic carbocycles. The lowest BCUT2D eigenvalue weighted by Gasteiger charge is -2.35. The third-order valence-electron chi connectivity index (χ3n) is 3.52. The van der Waals surface area contributed by atoms with Gasteiger partial charge in [-0.05, 0) is 19.8 Å². The number of cyclic esters (lactones) is 1. The molecule has 1 rings (SSSR count). The number of carbonyl (C=O) groups excluding carboxylic acids is 1. The molecule has 1 fully saturated rings. The minimum Gasteiger partial charge on any atom is -0.453 e. The Morgan fingerprint density at radius 2 is 2.13 bits per heavy atom. The van der Waals surface area contributed by atoms with Crippen molar-refractivity contribution in [2.45, 2.75) is 51.9 Å². The van der Waals surface area contributed by atoms with Gasteiger partial charge in [0.15, 0.2) is 5.60 Å². The van der Waals surface area contributed by atoms with E-state index in [1.54, 1.807) is 13.8 Å². The van der Waals surface area contributed by atoms with Crippen molar-refractivity contribution in [2.24, 2.45) is 11.8 Å². The fourth-order valence-electron chi connectivity index (χ4n) is 2.02. The van der Waals surface area contributed by atoms with E-state index in [4.69, 9.17) is 4.74 Å². The Bertz CT molecular complexity index is 253. The van der Waals surface area contributed by atoms with E-state index in [9.17, 15) is 15.0 Å². The van der Waals surface area contributed by atoms with Gasteiger partial charge in [0.1, 0.15) is 6.10 Å². The summed E-state index contributed by atoms with van der Waals surface area (Å²) in [6, 6.07) is 0. The predicted octanol–water partition coefficient (Wildman–Crippen LogP) is 0.706. The van der Waals surface area contributed by atoms with Crippen LogP contribution < -0.4 is 0 Å². The van der Waals surface area contributed by atoms with E-state index < -0.39 is 29.7 Å². The maximum Gasteiger partial charge on any atom is 0.312 e. The summed E-state index contributed by atoms with van der Waals surface area (Å²) in [4.78, 5) is 11.3. The van der Waals surface area contributed by atoms with Crippen molar-refractivity contribution in [3.63, 3.8) is 0 Å². The number of rotatable bonds is 3. The van der Waals surface area contributed by atoms with Gasteiger partial charge in [0, 0.05) is 0 Å². The molecule has 0 aliphatic carbocycles. The maximum absolute atomic E-state index is 11.3. The van der Waals surface area contributed by atoms with Crippen LogP contribution in [0, 0.1) is 11.8 Å². The highest BCUT2D eigenvalue weighted by atomic mass is 16.6. The molecule has 0 aromatic rings. The summed E-state index contributed by atoms with van der Waals surface area (Å²) in [6.07, 6.45) is -0.990. The topological polar surface area (TPSA) is 66.8 Å². The van der Waals surface area contributed by atoms with Gasteiger partial charge in [-0.3, -0.25) is 4.79 Å². The number of hydrogen-bond acceptors (Lipinski definition) is 4. The lowest BCUT2D eigenvalue weighted by molar-refractivity contribution is -0.168. The standard InChI is InChI=1S/C11H20O4/c1-5-6(2)8(12)11(4)9(13)7(3)10(14)15-11/h6-9,12-13H,5H2,1-4H3/t6-,7+,8+,9-,11-/m0/s1. The summed E-state index contributed by atoms with van der Waals surface area (Å²) in [7, 11) is 0. The van der Waals surface area contributed by atoms with Crippen molar-refractivity contribution < 1.29 is 19.7 Å². The minimum absolute atomic E-state index is 0.0113. The van der Waals surface area contributed by atoms with Gasteiger partial charge in [-0.25, -0.2) is 0 Å². The van der Waals surface area contributed by atoms with Crippen LogP contribution in [0.5, 0.6) is 0 Å². The van der Waals surface area contributed by atoms with Crippen LogP contribution in [0.15, 0.2) is 0 Å². The monoisotopic (exact) mass is 216 g/mol. The van der Waals surface area contributed by atoms with Gasteiger partial charge in [-0.1, -0.05) is 20.3 Å². The smallest absolute Gasteiger partial charge is 0.312 e. The first-order valence-corrected chi connectivity index (χ1v) is 5.43. The average molecular weight is 216 g/mol. The van der Waals surface area contributed by atoms with Crippen molar-refractivity contribution in [1.29, 1.82) is 0 Å². The second kappa shape index (κ2) is 4.10. The molecular weight excluding hydrogens is 196 g/mol. The number of esters is 1. The van der Waals surface area contributed by atoms with Gasteiger partial charge in [0.05, 0.1) is 12.0 Å². The molecule has 5 atom stereocenters. The van der Waals surface area contributed by atoms with Gasteiger partial charge >= 0.3 is 5.97 Å². The third-order valence-corrected chi connectivity index (χ3v) is 3.52. The fourth-order valence-corrected chi connectivity index (χ4v) is 2.02. The largest absolute Gasteiger partial charge is 0.453 e. The number of hydrogen-bond donors (Lipinski definition) is 2. The SMILES string of the molecule is CC[C@H](C)[C@@H](O)[C@]1(C)OC(=O)[C@H](C)[C@@H]1O. The van der Waals surface area contributed by atoms with E-state index in [0.717, 1.165) is 6.42 Å². The number of ether oxygens (including phenoxy) is 1. The Hall–Kier alpha value is -0.610. The Morgan fingerprint density at radius 1 is 1.60 bits per heavy atom. The number of carbonyl (C=O) groups is 1. The maximum atomic E-state index is 11.3. The molecule has 0 bridgehead atoms. The predicted molar refractivity (Wildman–Crippen MR) is 55.1 cm³/mol. The first-order chi connectivity index (χ1) is 6.84. The van der Waals surface area contributed by atoms with E-state index in [2.05, 4.69) is 0 Å². The highest BCUT2D eigenvalue weighted by molar-refractivity contribution is 5.76. The van der Waals surface area contributed by atoms with Crippen LogP contribution in [0.4, 0.5) is 0 Å². The van der Waals surface area contributed by atoms with Crippen molar-refractivity contribution in [1.82, 2.24) is 0 Å². The van der Waals surface area contributed by atoms with Gasteiger partial charge in [0.2, 0.25) is 0 Å². The van der Waals surface area contributed by atoms with Gasteiger partial charge in [-0.15, -0.1) is 0 Å². The number of aliphatic hydroxyl groups is 2. The minimum atomic E-state index is -1.16. The van der Waals surface area contributed by atoms with E-state index in [-0.39, 0.29) is 5.92 Å². The highest BCUT2D eigenvalue weighted by Crippen LogP contribution is 2.37. The van der Waals surface area contributed by atoms with Crippen LogP contribution in [0.2, 0.25) is 0 Å². The lowest BCUT2D eigenvalue weighted by Crippen LogP contribution is -2.51. The molecular formula is C11H20O4. The molecule has 88 valence electrons. The molecule has 1 saturated heterocycles. The Labute approximate surface area is 90.2 Å². The molecule has 0 spiro atoms. The molecule has 1 heterocycles. The normalized spacial score (nSPS) is 40.0. The lowest BCUT2D eigenvalue weighted by atomic mass is 9.82. The Balaban J connectivity index is 2.88. The summed E-state index contributed by atoms with van der Waals surface area (Å²) >= 11 is 0. The molecule has 15 heavy (non-hydrogen) atoms. The molecule has 0 aromatic heterocycles. The summed E-state index contributed by atoms with van der Waals surface area (Å²) in [6.45, 7) is 7.03. The molecule has 1 aliphatic rings. The van der Waals surface area contributed by atoms with Crippen molar-refractivity contribution in [2.75, 3.05) is 0 Å². The highest BCUT2D eigenvalue weighted by Gasteiger charge is 2.55. The second-order valence-corrected chi connectivity index (χ2v) is 4.67. The van der Waals surface area contributed by atoms with Crippen molar-refractivity contribution in [3.8, 4) is 0 Å². The molecule has 1 aliphatic heterocycles. The van der Waals surface area contributed by atoms with Gasteiger partial charge < -0.3 is 14.9 Å². The molecule has 4 heteroatoms. The quantitative estimate of drug-likeness (QED) is 0.682. The first-order valence-electron chi connectivity index (χ1n) is 5.43. The van der Waals surface area contributed by atoms with Crippen LogP contribution in [-0.2, 0) is 9.53 Å². The molecule has 0 saturated carbocycles. The van der Waals surface area contributed by atoms with Crippen LogP contribution in [0.3, 0.4) is 0 Å². The molecule has 4 nitrogen and oxygen atoms in total. The molecule has 0 radical (unpaired) electrons. The van der Waals surface area contributed by atoms with Crippen molar-refractivity contribution >= 4 is 5.97 Å². The van der Waals surface area contributed by atoms with Crippen LogP contribution in [0.25, 0.3) is 0 Å². The zero-order valence-electron chi connectivity index (χ0n) is 9.73. The van der Waals surface area contributed by atoms with Gasteiger partial charge in [0.25, 0.3) is 0 Å². The third kappa shape index (κ3) is 1.88. The summed E-state index contributed by atoms with van der Waals surface area (Å²) in [5.41, 5.74) is -1.16. The van der Waals surface area contributed by atoms with E-state index >= 15 is 0 Å². The second-order valence-electron chi connectivity index (χ2n) is 4.67. The van der Waals surface area contributed by atoms with Crippen LogP contribution in [0.1, 0.15) is 34.1 Å². The average Bonchev–Trinajstić information content (AvgIpc) is 2.41. The zero-order chi connectivity index (χ0) is 11.8. The number of aliphatic hydroxyl groups excluding tert-OH is 2. The van der Waals surface area contributed by atoms with Gasteiger partial charge in [-0.2, -0.15) is 0 Å². The fraction of sp³-hybridized carbons (Fsp3) is 0.909. The van der Waals surface area contributed by atoms with E-state index in [1.807, 2.05) is 13.8 Å². The first kappa shape index (κ1) is 12.5. The van der Waals surface area contributed by atoms with E-state index in [0.29, 0.717) is 0 Å². The molecule has 2 N–H and O–H groups in total. The Kier molecular flexibility index (Phi) is 3.41. The van der Waals surface area contributed by atoms with E-state index in [1.165, 1.54) is 0 Å². The van der Waals surface area contributed by atoms with Crippen molar-refractivity contribution in [3.05, 3.63) is 0 Å².